The molecule has 10 heteroatoms. The van der Waals surface area contributed by atoms with E-state index in [2.05, 4.69) is 9.84 Å². The van der Waals surface area contributed by atoms with E-state index in [-0.39, 0.29) is 6.10 Å². The number of carbonyl (C=O) groups excluding carboxylic acids is 2. The molecule has 0 saturated carbocycles. The Morgan fingerprint density at radius 1 is 1.27 bits per heavy atom. The minimum Gasteiger partial charge on any atom is -0.490 e. The van der Waals surface area contributed by atoms with Crippen LogP contribution >= 0.6 is 7.82 Å². The number of phosphoric ester groups is 1. The van der Waals surface area contributed by atoms with Crippen molar-refractivity contribution < 1.29 is 33.2 Å². The van der Waals surface area contributed by atoms with Crippen LogP contribution in [0, 0.1) is 0 Å². The first kappa shape index (κ1) is 20.4. The zero-order chi connectivity index (χ0) is 19.2. The average molecular weight is 386 g/mol. The Morgan fingerprint density at radius 3 is 2.42 bits per heavy atom. The number of phosphoric acid groups is 1. The van der Waals surface area contributed by atoms with E-state index in [4.69, 9.17) is 14.5 Å². The van der Waals surface area contributed by atoms with Gasteiger partial charge in [0.05, 0.1) is 6.61 Å². The molecule has 1 heterocycles. The summed E-state index contributed by atoms with van der Waals surface area (Å²) in [5.74, 6) is -0.157. The van der Waals surface area contributed by atoms with Crippen molar-refractivity contribution in [1.82, 2.24) is 10.2 Å². The maximum Gasteiger partial charge on any atom is 0.469 e. The molecule has 2 amide bonds. The van der Waals surface area contributed by atoms with Crippen LogP contribution in [-0.4, -0.2) is 58.3 Å². The third-order valence-corrected chi connectivity index (χ3v) is 4.37. The van der Waals surface area contributed by atoms with Gasteiger partial charge < -0.3 is 24.7 Å². The summed E-state index contributed by atoms with van der Waals surface area (Å²) in [4.78, 5) is 43.0. The van der Waals surface area contributed by atoms with Crippen molar-refractivity contribution in [3.05, 3.63) is 30.3 Å². The molecule has 3 N–H and O–H groups in total. The van der Waals surface area contributed by atoms with Gasteiger partial charge in [0.25, 0.3) is 0 Å². The summed E-state index contributed by atoms with van der Waals surface area (Å²) < 4.78 is 21.1. The standard InChI is InChI=1S/C16H23N2O7P/c1-12(19)17-15(11-24-26(21,22)23)16(20)18-9-7-14(8-10-18)25-13-5-3-2-4-6-13/h2-6,14-15H,7-11H2,1H3,(H,17,19)(H2,21,22,23). The number of ether oxygens (including phenoxy) is 1. The molecule has 144 valence electrons. The highest BCUT2D eigenvalue weighted by molar-refractivity contribution is 7.46. The summed E-state index contributed by atoms with van der Waals surface area (Å²) in [5, 5.41) is 2.37. The summed E-state index contributed by atoms with van der Waals surface area (Å²) in [6.07, 6.45) is 1.21. The van der Waals surface area contributed by atoms with Crippen molar-refractivity contribution in [2.75, 3.05) is 19.7 Å². The topological polar surface area (TPSA) is 125 Å². The summed E-state index contributed by atoms with van der Waals surface area (Å²) in [7, 11) is -4.73. The lowest BCUT2D eigenvalue weighted by atomic mass is 10.1. The van der Waals surface area contributed by atoms with Crippen molar-refractivity contribution >= 4 is 19.6 Å². The fourth-order valence-corrected chi connectivity index (χ4v) is 3.04. The number of nitrogens with zero attached hydrogens (tertiary/aromatic N) is 1. The second-order valence-electron chi connectivity index (χ2n) is 6.00. The lowest BCUT2D eigenvalue weighted by molar-refractivity contribution is -0.138. The Balaban J connectivity index is 1.89. The summed E-state index contributed by atoms with van der Waals surface area (Å²) in [5.41, 5.74) is 0. The Morgan fingerprint density at radius 2 is 1.88 bits per heavy atom. The molecule has 1 unspecified atom stereocenters. The highest BCUT2D eigenvalue weighted by Crippen LogP contribution is 2.35. The van der Waals surface area contributed by atoms with Gasteiger partial charge in [0, 0.05) is 32.9 Å². The molecular formula is C16H23N2O7P. The Kier molecular flexibility index (Phi) is 7.16. The fourth-order valence-electron chi connectivity index (χ4n) is 2.70. The second kappa shape index (κ2) is 9.14. The summed E-state index contributed by atoms with van der Waals surface area (Å²) in [6, 6.07) is 8.25. The molecule has 1 aliphatic heterocycles. The third-order valence-electron chi connectivity index (χ3n) is 3.88. The molecule has 1 saturated heterocycles. The molecule has 0 spiro atoms. The molecule has 2 rings (SSSR count). The number of benzene rings is 1. The number of piperidine rings is 1. The zero-order valence-electron chi connectivity index (χ0n) is 14.4. The van der Waals surface area contributed by atoms with Crippen LogP contribution in [0.15, 0.2) is 30.3 Å². The van der Waals surface area contributed by atoms with Gasteiger partial charge in [-0.15, -0.1) is 0 Å². The molecule has 1 aromatic carbocycles. The van der Waals surface area contributed by atoms with Gasteiger partial charge >= 0.3 is 7.82 Å². The Hall–Kier alpha value is -1.93. The van der Waals surface area contributed by atoms with Crippen LogP contribution in [0.3, 0.4) is 0 Å². The van der Waals surface area contributed by atoms with Gasteiger partial charge in [-0.3, -0.25) is 14.1 Å². The van der Waals surface area contributed by atoms with Crippen molar-refractivity contribution in [2.45, 2.75) is 31.9 Å². The first-order valence-corrected chi connectivity index (χ1v) is 9.75. The van der Waals surface area contributed by atoms with E-state index in [1.54, 1.807) is 0 Å². The molecule has 0 aromatic heterocycles. The number of carbonyl (C=O) groups is 2. The van der Waals surface area contributed by atoms with Gasteiger partial charge in [-0.1, -0.05) is 18.2 Å². The quantitative estimate of drug-likeness (QED) is 0.588. The molecule has 0 bridgehead atoms. The van der Waals surface area contributed by atoms with Crippen LogP contribution in [0.5, 0.6) is 5.75 Å². The highest BCUT2D eigenvalue weighted by atomic mass is 31.2. The predicted molar refractivity (Wildman–Crippen MR) is 92.3 cm³/mol. The van der Waals surface area contributed by atoms with Crippen LogP contribution in [0.2, 0.25) is 0 Å². The van der Waals surface area contributed by atoms with E-state index >= 15 is 0 Å². The minimum absolute atomic E-state index is 0.0213. The Labute approximate surface area is 151 Å². The monoisotopic (exact) mass is 386 g/mol. The highest BCUT2D eigenvalue weighted by Gasteiger charge is 2.31. The number of nitrogens with one attached hydrogen (secondary N) is 1. The fraction of sp³-hybridized carbons (Fsp3) is 0.500. The first-order valence-electron chi connectivity index (χ1n) is 8.22. The molecule has 1 atom stereocenters. The largest absolute Gasteiger partial charge is 0.490 e. The van der Waals surface area contributed by atoms with E-state index in [0.717, 1.165) is 5.75 Å². The molecule has 1 aromatic rings. The van der Waals surface area contributed by atoms with Gasteiger partial charge in [0.15, 0.2) is 0 Å². The zero-order valence-corrected chi connectivity index (χ0v) is 15.3. The third kappa shape index (κ3) is 6.76. The molecule has 0 aliphatic carbocycles. The number of likely N-dealkylation sites (tertiary alicyclic amines) is 1. The maximum absolute atomic E-state index is 12.6. The minimum atomic E-state index is -4.73. The summed E-state index contributed by atoms with van der Waals surface area (Å²) in [6.45, 7) is 1.46. The predicted octanol–water partition coefficient (Wildman–Crippen LogP) is 0.670. The van der Waals surface area contributed by atoms with Gasteiger partial charge in [-0.05, 0) is 12.1 Å². The molecule has 1 fully saturated rings. The maximum atomic E-state index is 12.6. The smallest absolute Gasteiger partial charge is 0.469 e. The number of hydrogen-bond donors (Lipinski definition) is 3. The van der Waals surface area contributed by atoms with Crippen LogP contribution < -0.4 is 10.1 Å². The average Bonchev–Trinajstić information content (AvgIpc) is 2.58. The molecule has 9 nitrogen and oxygen atoms in total. The van der Waals surface area contributed by atoms with E-state index in [1.807, 2.05) is 30.3 Å². The molecule has 26 heavy (non-hydrogen) atoms. The van der Waals surface area contributed by atoms with E-state index in [1.165, 1.54) is 11.8 Å². The van der Waals surface area contributed by atoms with Crippen LogP contribution in [0.4, 0.5) is 0 Å². The molecule has 1 aliphatic rings. The normalized spacial score (nSPS) is 16.8. The van der Waals surface area contributed by atoms with Crippen molar-refractivity contribution in [3.8, 4) is 5.75 Å². The number of amides is 2. The van der Waals surface area contributed by atoms with E-state index in [9.17, 15) is 14.2 Å². The van der Waals surface area contributed by atoms with Crippen molar-refractivity contribution in [2.24, 2.45) is 0 Å². The lowest BCUT2D eigenvalue weighted by Gasteiger charge is -2.34. The number of hydrogen-bond acceptors (Lipinski definition) is 5. The molecular weight excluding hydrogens is 363 g/mol. The van der Waals surface area contributed by atoms with Crippen LogP contribution in [-0.2, 0) is 18.7 Å². The van der Waals surface area contributed by atoms with Gasteiger partial charge in [-0.2, -0.15) is 0 Å². The van der Waals surface area contributed by atoms with Crippen LogP contribution in [0.1, 0.15) is 19.8 Å². The van der Waals surface area contributed by atoms with Gasteiger partial charge in [-0.25, -0.2) is 4.57 Å². The number of rotatable bonds is 7. The Bertz CT molecular complexity index is 656. The van der Waals surface area contributed by atoms with Gasteiger partial charge in [0.1, 0.15) is 17.9 Å². The first-order chi connectivity index (χ1) is 12.2. The molecule has 0 radical (unpaired) electrons. The van der Waals surface area contributed by atoms with E-state index in [0.29, 0.717) is 25.9 Å². The van der Waals surface area contributed by atoms with Crippen molar-refractivity contribution in [1.29, 1.82) is 0 Å². The second-order valence-corrected chi connectivity index (χ2v) is 7.23. The van der Waals surface area contributed by atoms with Crippen molar-refractivity contribution in [3.63, 3.8) is 0 Å². The van der Waals surface area contributed by atoms with Crippen LogP contribution in [0.25, 0.3) is 0 Å². The van der Waals surface area contributed by atoms with E-state index < -0.39 is 32.3 Å². The number of para-hydroxylation sites is 1. The van der Waals surface area contributed by atoms with Gasteiger partial charge in [0.2, 0.25) is 11.8 Å². The lowest BCUT2D eigenvalue weighted by Crippen LogP contribution is -2.53. The summed E-state index contributed by atoms with van der Waals surface area (Å²) >= 11 is 0. The SMILES string of the molecule is CC(=O)NC(COP(=O)(O)O)C(=O)N1CCC(Oc2ccccc2)CC1.